The number of nitrogens with one attached hydrogen (secondary N) is 1. The number of carbonyl (C=O) groups is 1. The summed E-state index contributed by atoms with van der Waals surface area (Å²) in [6.45, 7) is 2.30. The van der Waals surface area contributed by atoms with E-state index >= 15 is 0 Å². The molecule has 1 fully saturated rings. The number of hydrogen-bond acceptors (Lipinski definition) is 4. The minimum Gasteiger partial charge on any atom is -0.381 e. The van der Waals surface area contributed by atoms with Crippen LogP contribution in [0.2, 0.25) is 5.15 Å². The fourth-order valence-electron chi connectivity index (χ4n) is 2.43. The van der Waals surface area contributed by atoms with E-state index in [4.69, 9.17) is 11.6 Å². The second kappa shape index (κ2) is 7.70. The van der Waals surface area contributed by atoms with Crippen molar-refractivity contribution >= 4 is 35.0 Å². The van der Waals surface area contributed by atoms with Gasteiger partial charge in [0.15, 0.2) is 0 Å². The molecule has 1 aromatic heterocycles. The summed E-state index contributed by atoms with van der Waals surface area (Å²) >= 11 is 7.68. The zero-order chi connectivity index (χ0) is 16.1. The smallest absolute Gasteiger partial charge is 0.253 e. The van der Waals surface area contributed by atoms with Crippen LogP contribution in [-0.2, 0) is 6.54 Å². The Morgan fingerprint density at radius 3 is 2.83 bits per heavy atom. The molecule has 3 rings (SSSR count). The molecule has 2 heterocycles. The molecule has 6 heteroatoms. The number of amides is 1. The fraction of sp³-hybridized carbons (Fsp3) is 0.294. The maximum atomic E-state index is 12.5. The fourth-order valence-corrected chi connectivity index (χ4v) is 3.44. The standard InChI is InChI=1S/C17H18ClN3OS/c18-16-5-4-13(12-20-16)11-19-15-3-1-2-14(10-15)17(22)21-6-8-23-9-7-21/h1-5,10,12,19H,6-9,11H2. The van der Waals surface area contributed by atoms with Gasteiger partial charge in [-0.05, 0) is 29.8 Å². The Balaban J connectivity index is 1.64. The maximum absolute atomic E-state index is 12.5. The summed E-state index contributed by atoms with van der Waals surface area (Å²) in [5.74, 6) is 2.16. The van der Waals surface area contributed by atoms with E-state index < -0.39 is 0 Å². The van der Waals surface area contributed by atoms with E-state index in [9.17, 15) is 4.79 Å². The number of carbonyl (C=O) groups excluding carboxylic acids is 1. The van der Waals surface area contributed by atoms with Crippen LogP contribution < -0.4 is 5.32 Å². The molecule has 2 aromatic rings. The lowest BCUT2D eigenvalue weighted by atomic mass is 10.1. The first-order valence-electron chi connectivity index (χ1n) is 7.54. The van der Waals surface area contributed by atoms with Crippen LogP contribution in [0.4, 0.5) is 5.69 Å². The topological polar surface area (TPSA) is 45.2 Å². The van der Waals surface area contributed by atoms with Crippen LogP contribution in [0.5, 0.6) is 0 Å². The Bertz CT molecular complexity index is 672. The molecule has 0 bridgehead atoms. The highest BCUT2D eigenvalue weighted by Crippen LogP contribution is 2.17. The molecule has 0 atom stereocenters. The third kappa shape index (κ3) is 4.39. The number of pyridine rings is 1. The van der Waals surface area contributed by atoms with Gasteiger partial charge in [-0.1, -0.05) is 23.7 Å². The third-order valence-corrected chi connectivity index (χ3v) is 4.86. The number of nitrogens with zero attached hydrogens (tertiary/aromatic N) is 2. The van der Waals surface area contributed by atoms with E-state index in [0.717, 1.165) is 41.4 Å². The Hall–Kier alpha value is -1.72. The molecule has 4 nitrogen and oxygen atoms in total. The number of rotatable bonds is 4. The number of anilines is 1. The Labute approximate surface area is 145 Å². The summed E-state index contributed by atoms with van der Waals surface area (Å²) in [6.07, 6.45) is 1.75. The van der Waals surface area contributed by atoms with Crippen molar-refractivity contribution < 1.29 is 4.79 Å². The molecule has 120 valence electrons. The van der Waals surface area contributed by atoms with Crippen LogP contribution in [0.3, 0.4) is 0 Å². The number of hydrogen-bond donors (Lipinski definition) is 1. The number of benzene rings is 1. The molecule has 1 amide bonds. The van der Waals surface area contributed by atoms with Crippen molar-refractivity contribution in [2.24, 2.45) is 0 Å². The summed E-state index contributed by atoms with van der Waals surface area (Å²) < 4.78 is 0. The molecule has 1 aliphatic heterocycles. The first-order chi connectivity index (χ1) is 11.2. The average Bonchev–Trinajstić information content (AvgIpc) is 2.61. The Kier molecular flexibility index (Phi) is 5.41. The molecule has 0 aliphatic carbocycles. The lowest BCUT2D eigenvalue weighted by Crippen LogP contribution is -2.37. The maximum Gasteiger partial charge on any atom is 0.253 e. The van der Waals surface area contributed by atoms with Gasteiger partial charge in [0, 0.05) is 48.6 Å². The molecule has 0 unspecified atom stereocenters. The van der Waals surface area contributed by atoms with Gasteiger partial charge in [-0.25, -0.2) is 4.98 Å². The SMILES string of the molecule is O=C(c1cccc(NCc2ccc(Cl)nc2)c1)N1CCSCC1. The molecule has 1 saturated heterocycles. The van der Waals surface area contributed by atoms with Crippen LogP contribution in [0.15, 0.2) is 42.6 Å². The van der Waals surface area contributed by atoms with Crippen molar-refractivity contribution in [3.8, 4) is 0 Å². The molecule has 1 aliphatic rings. The highest BCUT2D eigenvalue weighted by atomic mass is 35.5. The van der Waals surface area contributed by atoms with Crippen molar-refractivity contribution in [3.63, 3.8) is 0 Å². The summed E-state index contributed by atoms with van der Waals surface area (Å²) in [4.78, 5) is 18.5. The first kappa shape index (κ1) is 16.1. The van der Waals surface area contributed by atoms with Gasteiger partial charge in [-0.2, -0.15) is 11.8 Å². The van der Waals surface area contributed by atoms with Crippen molar-refractivity contribution in [1.82, 2.24) is 9.88 Å². The van der Waals surface area contributed by atoms with Gasteiger partial charge in [-0.3, -0.25) is 4.79 Å². The zero-order valence-corrected chi connectivity index (χ0v) is 14.2. The predicted molar refractivity (Wildman–Crippen MR) is 96.2 cm³/mol. The van der Waals surface area contributed by atoms with Gasteiger partial charge in [-0.15, -0.1) is 0 Å². The summed E-state index contributed by atoms with van der Waals surface area (Å²) in [7, 11) is 0. The quantitative estimate of drug-likeness (QED) is 0.859. The lowest BCUT2D eigenvalue weighted by Gasteiger charge is -2.26. The highest BCUT2D eigenvalue weighted by molar-refractivity contribution is 7.99. The van der Waals surface area contributed by atoms with Crippen LogP contribution in [0.25, 0.3) is 0 Å². The minimum absolute atomic E-state index is 0.113. The molecule has 0 spiro atoms. The van der Waals surface area contributed by atoms with Gasteiger partial charge in [0.1, 0.15) is 5.15 Å². The number of halogens is 1. The molecule has 0 saturated carbocycles. The summed E-state index contributed by atoms with van der Waals surface area (Å²) in [5, 5.41) is 3.81. The molecular formula is C17H18ClN3OS. The van der Waals surface area contributed by atoms with Gasteiger partial charge < -0.3 is 10.2 Å². The van der Waals surface area contributed by atoms with E-state index in [0.29, 0.717) is 11.7 Å². The zero-order valence-electron chi connectivity index (χ0n) is 12.7. The van der Waals surface area contributed by atoms with Crippen LogP contribution in [0.1, 0.15) is 15.9 Å². The Morgan fingerprint density at radius 1 is 1.26 bits per heavy atom. The van der Waals surface area contributed by atoms with Crippen molar-refractivity contribution in [1.29, 1.82) is 0 Å². The van der Waals surface area contributed by atoms with E-state index in [1.165, 1.54) is 0 Å². The normalized spacial score (nSPS) is 14.6. The first-order valence-corrected chi connectivity index (χ1v) is 9.07. The highest BCUT2D eigenvalue weighted by Gasteiger charge is 2.18. The molecule has 1 aromatic carbocycles. The van der Waals surface area contributed by atoms with E-state index in [1.54, 1.807) is 12.3 Å². The van der Waals surface area contributed by atoms with E-state index in [-0.39, 0.29) is 5.91 Å². The van der Waals surface area contributed by atoms with E-state index in [1.807, 2.05) is 47.0 Å². The summed E-state index contributed by atoms with van der Waals surface area (Å²) in [6, 6.07) is 11.4. The van der Waals surface area contributed by atoms with Crippen LogP contribution in [0, 0.1) is 0 Å². The van der Waals surface area contributed by atoms with Gasteiger partial charge in [0.05, 0.1) is 0 Å². The predicted octanol–water partition coefficient (Wildman–Crippen LogP) is 3.54. The average molecular weight is 348 g/mol. The van der Waals surface area contributed by atoms with Gasteiger partial charge in [0.2, 0.25) is 0 Å². The molecule has 1 N–H and O–H groups in total. The molecular weight excluding hydrogens is 330 g/mol. The summed E-state index contributed by atoms with van der Waals surface area (Å²) in [5.41, 5.74) is 2.70. The monoisotopic (exact) mass is 347 g/mol. The van der Waals surface area contributed by atoms with Crippen molar-refractivity contribution in [2.45, 2.75) is 6.54 Å². The second-order valence-corrected chi connectivity index (χ2v) is 6.94. The Morgan fingerprint density at radius 2 is 2.09 bits per heavy atom. The van der Waals surface area contributed by atoms with Crippen molar-refractivity contribution in [3.05, 3.63) is 58.9 Å². The van der Waals surface area contributed by atoms with Crippen LogP contribution >= 0.6 is 23.4 Å². The second-order valence-electron chi connectivity index (χ2n) is 5.33. The van der Waals surface area contributed by atoms with Crippen LogP contribution in [-0.4, -0.2) is 40.4 Å². The molecule has 0 radical (unpaired) electrons. The minimum atomic E-state index is 0.113. The van der Waals surface area contributed by atoms with E-state index in [2.05, 4.69) is 10.3 Å². The third-order valence-electron chi connectivity index (χ3n) is 3.69. The number of aromatic nitrogens is 1. The van der Waals surface area contributed by atoms with Gasteiger partial charge in [0.25, 0.3) is 5.91 Å². The largest absolute Gasteiger partial charge is 0.381 e. The lowest BCUT2D eigenvalue weighted by molar-refractivity contribution is 0.0772. The number of thioether (sulfide) groups is 1. The van der Waals surface area contributed by atoms with Crippen molar-refractivity contribution in [2.75, 3.05) is 29.9 Å². The molecule has 23 heavy (non-hydrogen) atoms. The van der Waals surface area contributed by atoms with Gasteiger partial charge >= 0.3 is 0 Å².